The molecule has 1 aromatic rings. The first kappa shape index (κ1) is 14.9. The van der Waals surface area contributed by atoms with Gasteiger partial charge in [0.05, 0.1) is 0 Å². The van der Waals surface area contributed by atoms with E-state index in [1.807, 2.05) is 19.0 Å². The summed E-state index contributed by atoms with van der Waals surface area (Å²) in [6.45, 7) is 2.73. The Morgan fingerprint density at radius 1 is 1.25 bits per heavy atom. The molecule has 0 atom stereocenters. The zero-order chi connectivity index (χ0) is 14.4. The van der Waals surface area contributed by atoms with Gasteiger partial charge in [-0.15, -0.1) is 0 Å². The summed E-state index contributed by atoms with van der Waals surface area (Å²) in [4.78, 5) is 15.4. The lowest BCUT2D eigenvalue weighted by Crippen LogP contribution is -2.48. The van der Waals surface area contributed by atoms with E-state index in [1.165, 1.54) is 5.56 Å². The molecule has 1 aromatic carbocycles. The Labute approximate surface area is 121 Å². The molecule has 1 aliphatic heterocycles. The summed E-state index contributed by atoms with van der Waals surface area (Å²) in [6, 6.07) is 11.2. The average Bonchev–Trinajstić information content (AvgIpc) is 2.48. The number of nitrogens with zero attached hydrogens (tertiary/aromatic N) is 2. The molecule has 4 nitrogen and oxygen atoms in total. The highest BCUT2D eigenvalue weighted by Gasteiger charge is 2.23. The SMILES string of the molecule is CN(C)C(=O)N1CCC(NCCc2ccccc2)CC1. The van der Waals surface area contributed by atoms with Gasteiger partial charge in [-0.3, -0.25) is 0 Å². The molecule has 0 spiro atoms. The maximum Gasteiger partial charge on any atom is 0.319 e. The summed E-state index contributed by atoms with van der Waals surface area (Å²) >= 11 is 0. The van der Waals surface area contributed by atoms with Gasteiger partial charge in [-0.2, -0.15) is 0 Å². The molecule has 0 saturated carbocycles. The Kier molecular flexibility index (Phi) is 5.41. The van der Waals surface area contributed by atoms with E-state index in [2.05, 4.69) is 35.6 Å². The molecule has 2 rings (SSSR count). The van der Waals surface area contributed by atoms with E-state index in [0.29, 0.717) is 6.04 Å². The Balaban J connectivity index is 1.66. The van der Waals surface area contributed by atoms with Crippen LogP contribution < -0.4 is 5.32 Å². The first-order valence-corrected chi connectivity index (χ1v) is 7.40. The fraction of sp³-hybridized carbons (Fsp3) is 0.562. The molecular formula is C16H25N3O. The van der Waals surface area contributed by atoms with Crippen LogP contribution in [0.15, 0.2) is 30.3 Å². The van der Waals surface area contributed by atoms with Crippen molar-refractivity contribution in [2.45, 2.75) is 25.3 Å². The molecule has 2 amide bonds. The molecule has 1 saturated heterocycles. The van der Waals surface area contributed by atoms with Crippen LogP contribution >= 0.6 is 0 Å². The van der Waals surface area contributed by atoms with Gasteiger partial charge in [0.2, 0.25) is 0 Å². The number of hydrogen-bond acceptors (Lipinski definition) is 2. The normalized spacial score (nSPS) is 16.2. The smallest absolute Gasteiger partial charge is 0.319 e. The number of amides is 2. The van der Waals surface area contributed by atoms with Crippen molar-refractivity contribution in [1.29, 1.82) is 0 Å². The van der Waals surface area contributed by atoms with E-state index in [9.17, 15) is 4.79 Å². The van der Waals surface area contributed by atoms with Crippen LogP contribution in [0.1, 0.15) is 18.4 Å². The van der Waals surface area contributed by atoms with E-state index >= 15 is 0 Å². The summed E-state index contributed by atoms with van der Waals surface area (Å²) in [5.74, 6) is 0. The van der Waals surface area contributed by atoms with Gasteiger partial charge < -0.3 is 15.1 Å². The van der Waals surface area contributed by atoms with Gasteiger partial charge >= 0.3 is 6.03 Å². The van der Waals surface area contributed by atoms with E-state index < -0.39 is 0 Å². The van der Waals surface area contributed by atoms with Crippen molar-refractivity contribution in [1.82, 2.24) is 15.1 Å². The topological polar surface area (TPSA) is 35.6 Å². The molecule has 110 valence electrons. The first-order chi connectivity index (χ1) is 9.66. The number of piperidine rings is 1. The Hall–Kier alpha value is -1.55. The van der Waals surface area contributed by atoms with Crippen molar-refractivity contribution in [3.63, 3.8) is 0 Å². The fourth-order valence-electron chi connectivity index (χ4n) is 2.62. The van der Waals surface area contributed by atoms with Crippen LogP contribution in [0.5, 0.6) is 0 Å². The molecule has 0 radical (unpaired) electrons. The number of likely N-dealkylation sites (tertiary alicyclic amines) is 1. The van der Waals surface area contributed by atoms with Crippen molar-refractivity contribution >= 4 is 6.03 Å². The summed E-state index contributed by atoms with van der Waals surface area (Å²) in [5, 5.41) is 3.61. The van der Waals surface area contributed by atoms with Gasteiger partial charge in [0.15, 0.2) is 0 Å². The second-order valence-electron chi connectivity index (χ2n) is 5.63. The molecule has 4 heteroatoms. The molecule has 1 N–H and O–H groups in total. The van der Waals surface area contributed by atoms with Crippen LogP contribution in [-0.4, -0.2) is 55.6 Å². The van der Waals surface area contributed by atoms with E-state index in [4.69, 9.17) is 0 Å². The number of hydrogen-bond donors (Lipinski definition) is 1. The highest BCUT2D eigenvalue weighted by molar-refractivity contribution is 5.73. The van der Waals surface area contributed by atoms with E-state index in [0.717, 1.165) is 38.9 Å². The third-order valence-electron chi connectivity index (χ3n) is 3.84. The Morgan fingerprint density at radius 2 is 1.90 bits per heavy atom. The minimum Gasteiger partial charge on any atom is -0.331 e. The van der Waals surface area contributed by atoms with Crippen molar-refractivity contribution in [2.24, 2.45) is 0 Å². The van der Waals surface area contributed by atoms with Gasteiger partial charge in [0.1, 0.15) is 0 Å². The van der Waals surface area contributed by atoms with Crippen molar-refractivity contribution in [3.8, 4) is 0 Å². The van der Waals surface area contributed by atoms with Gasteiger partial charge in [0.25, 0.3) is 0 Å². The monoisotopic (exact) mass is 275 g/mol. The number of benzene rings is 1. The summed E-state index contributed by atoms with van der Waals surface area (Å²) in [7, 11) is 3.62. The molecule has 0 bridgehead atoms. The first-order valence-electron chi connectivity index (χ1n) is 7.40. The van der Waals surface area contributed by atoms with Gasteiger partial charge in [-0.1, -0.05) is 30.3 Å². The highest BCUT2D eigenvalue weighted by Crippen LogP contribution is 2.11. The number of rotatable bonds is 4. The van der Waals surface area contributed by atoms with Gasteiger partial charge in [-0.05, 0) is 31.4 Å². The maximum atomic E-state index is 11.8. The maximum absolute atomic E-state index is 11.8. The third kappa shape index (κ3) is 4.23. The highest BCUT2D eigenvalue weighted by atomic mass is 16.2. The predicted molar refractivity (Wildman–Crippen MR) is 81.8 cm³/mol. The second-order valence-corrected chi connectivity index (χ2v) is 5.63. The molecule has 0 aromatic heterocycles. The minimum absolute atomic E-state index is 0.132. The number of urea groups is 1. The van der Waals surface area contributed by atoms with Crippen LogP contribution in [-0.2, 0) is 6.42 Å². The van der Waals surface area contributed by atoms with Crippen LogP contribution in [0.25, 0.3) is 0 Å². The van der Waals surface area contributed by atoms with Crippen LogP contribution in [0, 0.1) is 0 Å². The van der Waals surface area contributed by atoms with Crippen LogP contribution in [0.2, 0.25) is 0 Å². The largest absolute Gasteiger partial charge is 0.331 e. The Bertz CT molecular complexity index is 411. The average molecular weight is 275 g/mol. The molecule has 1 aliphatic rings. The van der Waals surface area contributed by atoms with Crippen molar-refractivity contribution in [2.75, 3.05) is 33.7 Å². The number of carbonyl (C=O) groups is 1. The summed E-state index contributed by atoms with van der Waals surface area (Å²) < 4.78 is 0. The zero-order valence-electron chi connectivity index (χ0n) is 12.5. The predicted octanol–water partition coefficient (Wildman–Crippen LogP) is 1.96. The third-order valence-corrected chi connectivity index (χ3v) is 3.84. The zero-order valence-corrected chi connectivity index (χ0v) is 12.5. The van der Waals surface area contributed by atoms with Crippen molar-refractivity contribution < 1.29 is 4.79 Å². The Morgan fingerprint density at radius 3 is 2.50 bits per heavy atom. The van der Waals surface area contributed by atoms with Crippen LogP contribution in [0.4, 0.5) is 4.79 Å². The van der Waals surface area contributed by atoms with Crippen molar-refractivity contribution in [3.05, 3.63) is 35.9 Å². The molecule has 1 fully saturated rings. The lowest BCUT2D eigenvalue weighted by Gasteiger charge is -2.34. The number of nitrogens with one attached hydrogen (secondary N) is 1. The molecular weight excluding hydrogens is 250 g/mol. The van der Waals surface area contributed by atoms with Gasteiger partial charge in [0, 0.05) is 33.2 Å². The lowest BCUT2D eigenvalue weighted by molar-refractivity contribution is 0.152. The van der Waals surface area contributed by atoms with Crippen LogP contribution in [0.3, 0.4) is 0 Å². The van der Waals surface area contributed by atoms with Gasteiger partial charge in [-0.25, -0.2) is 4.79 Å². The fourth-order valence-corrected chi connectivity index (χ4v) is 2.62. The molecule has 0 aliphatic carbocycles. The van der Waals surface area contributed by atoms with E-state index in [-0.39, 0.29) is 6.03 Å². The standard InChI is InChI=1S/C16H25N3O/c1-18(2)16(20)19-12-9-15(10-13-19)17-11-8-14-6-4-3-5-7-14/h3-7,15,17H,8-13H2,1-2H3. The molecule has 1 heterocycles. The number of carbonyl (C=O) groups excluding carboxylic acids is 1. The lowest BCUT2D eigenvalue weighted by atomic mass is 10.0. The quantitative estimate of drug-likeness (QED) is 0.912. The minimum atomic E-state index is 0.132. The summed E-state index contributed by atoms with van der Waals surface area (Å²) in [6.07, 6.45) is 3.17. The second kappa shape index (κ2) is 7.29. The summed E-state index contributed by atoms with van der Waals surface area (Å²) in [5.41, 5.74) is 1.38. The molecule has 0 unspecified atom stereocenters. The molecule has 20 heavy (non-hydrogen) atoms. The van der Waals surface area contributed by atoms with E-state index in [1.54, 1.807) is 4.90 Å².